The summed E-state index contributed by atoms with van der Waals surface area (Å²) in [6, 6.07) is 14.2. The first-order valence-electron chi connectivity index (χ1n) is 8.54. The van der Waals surface area contributed by atoms with E-state index >= 15 is 0 Å². The molecule has 1 fully saturated rings. The fraction of sp³-hybridized carbons (Fsp3) is 0.316. The van der Waals surface area contributed by atoms with Gasteiger partial charge in [0.05, 0.1) is 28.1 Å². The predicted molar refractivity (Wildman–Crippen MR) is 104 cm³/mol. The van der Waals surface area contributed by atoms with E-state index in [-0.39, 0.29) is 22.7 Å². The van der Waals surface area contributed by atoms with Crippen molar-refractivity contribution in [1.82, 2.24) is 5.32 Å². The van der Waals surface area contributed by atoms with Crippen LogP contribution in [0.1, 0.15) is 41.7 Å². The fourth-order valence-corrected chi connectivity index (χ4v) is 4.91. The van der Waals surface area contributed by atoms with Crippen molar-refractivity contribution in [2.45, 2.75) is 25.8 Å². The maximum Gasteiger partial charge on any atom is 0.253 e. The zero-order chi connectivity index (χ0) is 18.7. The summed E-state index contributed by atoms with van der Waals surface area (Å²) in [5, 5.41) is 3.15. The third-order valence-corrected chi connectivity index (χ3v) is 6.66. The van der Waals surface area contributed by atoms with Crippen LogP contribution in [0.2, 0.25) is 5.02 Å². The fourth-order valence-electron chi connectivity index (χ4n) is 3.02. The van der Waals surface area contributed by atoms with Crippen molar-refractivity contribution in [1.29, 1.82) is 0 Å². The molecule has 1 amide bonds. The SMILES string of the molecule is C[C@H](NC(=O)c1ccc(N2CCCCS2(=O)=O)cc1Cl)c1ccccc1. The van der Waals surface area contributed by atoms with Crippen LogP contribution in [0.15, 0.2) is 48.5 Å². The lowest BCUT2D eigenvalue weighted by molar-refractivity contribution is 0.0940. The number of nitrogens with zero attached hydrogens (tertiary/aromatic N) is 1. The molecule has 0 spiro atoms. The maximum atomic E-state index is 12.5. The van der Waals surface area contributed by atoms with Gasteiger partial charge in [0.1, 0.15) is 0 Å². The number of carbonyl (C=O) groups is 1. The van der Waals surface area contributed by atoms with Gasteiger partial charge in [0, 0.05) is 6.54 Å². The van der Waals surface area contributed by atoms with Gasteiger partial charge in [-0.15, -0.1) is 0 Å². The molecule has 1 atom stereocenters. The van der Waals surface area contributed by atoms with Gasteiger partial charge in [-0.3, -0.25) is 9.10 Å². The number of halogens is 1. The van der Waals surface area contributed by atoms with Crippen LogP contribution < -0.4 is 9.62 Å². The zero-order valence-corrected chi connectivity index (χ0v) is 16.1. The van der Waals surface area contributed by atoms with Crippen molar-refractivity contribution in [3.8, 4) is 0 Å². The minimum Gasteiger partial charge on any atom is -0.345 e. The second-order valence-electron chi connectivity index (χ2n) is 6.37. The van der Waals surface area contributed by atoms with E-state index < -0.39 is 10.0 Å². The molecule has 5 nitrogen and oxygen atoms in total. The van der Waals surface area contributed by atoms with Crippen LogP contribution in [0.5, 0.6) is 0 Å². The molecule has 1 aliphatic heterocycles. The van der Waals surface area contributed by atoms with E-state index in [0.717, 1.165) is 12.0 Å². The molecule has 0 radical (unpaired) electrons. The van der Waals surface area contributed by atoms with E-state index in [4.69, 9.17) is 11.6 Å². The second-order valence-corrected chi connectivity index (χ2v) is 8.79. The summed E-state index contributed by atoms with van der Waals surface area (Å²) in [5.41, 5.74) is 1.82. The molecule has 0 unspecified atom stereocenters. The van der Waals surface area contributed by atoms with E-state index in [1.807, 2.05) is 37.3 Å². The van der Waals surface area contributed by atoms with Gasteiger partial charge in [0.15, 0.2) is 0 Å². The van der Waals surface area contributed by atoms with Crippen LogP contribution in [-0.2, 0) is 10.0 Å². The van der Waals surface area contributed by atoms with E-state index in [9.17, 15) is 13.2 Å². The molecule has 7 heteroatoms. The standard InChI is InChI=1S/C19H21ClN2O3S/c1-14(15-7-3-2-4-8-15)21-19(23)17-10-9-16(13-18(17)20)22-11-5-6-12-26(22,24)25/h2-4,7-10,13-14H,5-6,11-12H2,1H3,(H,21,23)/t14-/m0/s1. The average Bonchev–Trinajstić information content (AvgIpc) is 2.61. The van der Waals surface area contributed by atoms with Crippen LogP contribution >= 0.6 is 11.6 Å². The minimum absolute atomic E-state index is 0.140. The van der Waals surface area contributed by atoms with Crippen molar-refractivity contribution in [2.75, 3.05) is 16.6 Å². The molecule has 26 heavy (non-hydrogen) atoms. The summed E-state index contributed by atoms with van der Waals surface area (Å²) < 4.78 is 25.8. The van der Waals surface area contributed by atoms with Gasteiger partial charge >= 0.3 is 0 Å². The van der Waals surface area contributed by atoms with Crippen LogP contribution in [0.4, 0.5) is 5.69 Å². The highest BCUT2D eigenvalue weighted by Crippen LogP contribution is 2.28. The number of amides is 1. The Morgan fingerprint density at radius 1 is 1.15 bits per heavy atom. The molecular weight excluding hydrogens is 372 g/mol. The van der Waals surface area contributed by atoms with Crippen LogP contribution in [0.25, 0.3) is 0 Å². The lowest BCUT2D eigenvalue weighted by Gasteiger charge is -2.28. The highest BCUT2D eigenvalue weighted by molar-refractivity contribution is 7.92. The van der Waals surface area contributed by atoms with E-state index in [2.05, 4.69) is 5.32 Å². The summed E-state index contributed by atoms with van der Waals surface area (Å²) in [6.45, 7) is 2.34. The van der Waals surface area contributed by atoms with Crippen LogP contribution in [0.3, 0.4) is 0 Å². The van der Waals surface area contributed by atoms with Gasteiger partial charge in [0.2, 0.25) is 10.0 Å². The van der Waals surface area contributed by atoms with E-state index in [1.54, 1.807) is 18.2 Å². The molecule has 1 heterocycles. The number of benzene rings is 2. The Bertz CT molecular complexity index is 900. The van der Waals surface area contributed by atoms with Crippen molar-refractivity contribution < 1.29 is 13.2 Å². The first-order chi connectivity index (χ1) is 12.4. The monoisotopic (exact) mass is 392 g/mol. The van der Waals surface area contributed by atoms with Crippen molar-refractivity contribution >= 4 is 33.2 Å². The van der Waals surface area contributed by atoms with Gasteiger partial charge in [-0.25, -0.2) is 8.42 Å². The highest BCUT2D eigenvalue weighted by atomic mass is 35.5. The second kappa shape index (κ2) is 7.68. The van der Waals surface area contributed by atoms with Crippen molar-refractivity contribution in [2.24, 2.45) is 0 Å². The molecule has 1 aliphatic rings. The van der Waals surface area contributed by atoms with Gasteiger partial charge < -0.3 is 5.32 Å². The molecular formula is C19H21ClN2O3S. The Hall–Kier alpha value is -2.05. The van der Waals surface area contributed by atoms with Crippen molar-refractivity contribution in [3.63, 3.8) is 0 Å². The quantitative estimate of drug-likeness (QED) is 0.861. The van der Waals surface area contributed by atoms with Crippen molar-refractivity contribution in [3.05, 3.63) is 64.7 Å². The lowest BCUT2D eigenvalue weighted by atomic mass is 10.1. The molecule has 0 saturated carbocycles. The summed E-state index contributed by atoms with van der Waals surface area (Å²) >= 11 is 6.28. The normalized spacial score (nSPS) is 17.5. The molecule has 1 saturated heterocycles. The predicted octanol–water partition coefficient (Wildman–Crippen LogP) is 3.76. The number of hydrogen-bond donors (Lipinski definition) is 1. The summed E-state index contributed by atoms with van der Waals surface area (Å²) in [6.07, 6.45) is 1.48. The Morgan fingerprint density at radius 2 is 1.88 bits per heavy atom. The third-order valence-electron chi connectivity index (χ3n) is 4.48. The van der Waals surface area contributed by atoms with Gasteiger partial charge in [-0.1, -0.05) is 41.9 Å². The summed E-state index contributed by atoms with van der Waals surface area (Å²) in [7, 11) is -3.31. The summed E-state index contributed by atoms with van der Waals surface area (Å²) in [5.74, 6) is -0.152. The molecule has 3 rings (SSSR count). The molecule has 2 aromatic carbocycles. The Morgan fingerprint density at radius 3 is 2.54 bits per heavy atom. The molecule has 0 bridgehead atoms. The lowest BCUT2D eigenvalue weighted by Crippen LogP contribution is -2.37. The number of nitrogens with one attached hydrogen (secondary N) is 1. The number of carbonyl (C=O) groups excluding carboxylic acids is 1. The number of anilines is 1. The van der Waals surface area contributed by atoms with E-state index in [0.29, 0.717) is 24.2 Å². The van der Waals surface area contributed by atoms with Gasteiger partial charge in [-0.05, 0) is 43.5 Å². The smallest absolute Gasteiger partial charge is 0.253 e. The molecule has 2 aromatic rings. The zero-order valence-electron chi connectivity index (χ0n) is 14.5. The topological polar surface area (TPSA) is 66.5 Å². The number of rotatable bonds is 4. The minimum atomic E-state index is -3.31. The molecule has 0 aliphatic carbocycles. The van der Waals surface area contributed by atoms with E-state index in [1.165, 1.54) is 4.31 Å². The van der Waals surface area contributed by atoms with Crippen LogP contribution in [-0.4, -0.2) is 26.6 Å². The Kier molecular flexibility index (Phi) is 5.53. The largest absolute Gasteiger partial charge is 0.345 e. The average molecular weight is 393 g/mol. The molecule has 138 valence electrons. The van der Waals surface area contributed by atoms with Crippen LogP contribution in [0, 0.1) is 0 Å². The number of sulfonamides is 1. The number of hydrogen-bond acceptors (Lipinski definition) is 3. The third kappa shape index (κ3) is 4.02. The molecule has 0 aromatic heterocycles. The van der Waals surface area contributed by atoms with Gasteiger partial charge in [0.25, 0.3) is 5.91 Å². The highest BCUT2D eigenvalue weighted by Gasteiger charge is 2.27. The van der Waals surface area contributed by atoms with Gasteiger partial charge in [-0.2, -0.15) is 0 Å². The summed E-state index contributed by atoms with van der Waals surface area (Å²) in [4.78, 5) is 12.5. The first-order valence-corrected chi connectivity index (χ1v) is 10.5. The maximum absolute atomic E-state index is 12.5. The Balaban J connectivity index is 1.78. The molecule has 1 N–H and O–H groups in total. The first kappa shape index (κ1) is 18.7. The Labute approximate surface area is 159 Å².